The quantitative estimate of drug-likeness (QED) is 0.378. The lowest BCUT2D eigenvalue weighted by molar-refractivity contribution is -0.138. The summed E-state index contributed by atoms with van der Waals surface area (Å²) in [5.74, 6) is 0.132. The minimum absolute atomic E-state index is 0. The summed E-state index contributed by atoms with van der Waals surface area (Å²) < 4.78 is 5.36. The van der Waals surface area contributed by atoms with E-state index in [0.29, 0.717) is 53.5 Å². The average molecular weight is 475 g/mol. The maximum atomic E-state index is 10.8. The van der Waals surface area contributed by atoms with Crippen LogP contribution in [0.1, 0.15) is 24.8 Å². The summed E-state index contributed by atoms with van der Waals surface area (Å²) in [5.41, 5.74) is 8.19. The summed E-state index contributed by atoms with van der Waals surface area (Å²) in [6, 6.07) is 14.3. The highest BCUT2D eigenvalue weighted by Crippen LogP contribution is 2.37. The number of carboxylic acids is 1. The molecule has 3 aromatic rings. The number of rotatable bonds is 9. The van der Waals surface area contributed by atoms with Crippen molar-refractivity contribution < 1.29 is 14.6 Å². The second-order valence-corrected chi connectivity index (χ2v) is 7.52. The number of hydrogen-bond acceptors (Lipinski definition) is 6. The number of ether oxygens (including phenoxy) is 1. The van der Waals surface area contributed by atoms with Gasteiger partial charge in [-0.3, -0.25) is 4.79 Å². The molecule has 0 radical (unpaired) electrons. The molecule has 0 saturated heterocycles. The Kier molecular flexibility index (Phi) is 9.09. The van der Waals surface area contributed by atoms with Crippen molar-refractivity contribution in [2.24, 2.45) is 5.73 Å². The van der Waals surface area contributed by atoms with E-state index in [1.807, 2.05) is 36.4 Å². The van der Waals surface area contributed by atoms with Crippen LogP contribution in [0.15, 0.2) is 42.5 Å². The number of methoxy groups -OCH3 is 1. The zero-order valence-electron chi connectivity index (χ0n) is 17.5. The number of halogens is 2. The minimum Gasteiger partial charge on any atom is -0.497 e. The first-order valence-electron chi connectivity index (χ1n) is 9.84. The van der Waals surface area contributed by atoms with E-state index in [4.69, 9.17) is 27.2 Å². The van der Waals surface area contributed by atoms with Crippen molar-refractivity contribution in [2.45, 2.75) is 25.3 Å². The molecule has 7 nitrogen and oxygen atoms in total. The van der Waals surface area contributed by atoms with E-state index in [9.17, 15) is 10.1 Å². The Morgan fingerprint density at radius 1 is 1.31 bits per heavy atom. The Morgan fingerprint density at radius 3 is 2.75 bits per heavy atom. The molecule has 1 atom stereocenters. The number of anilines is 1. The van der Waals surface area contributed by atoms with Gasteiger partial charge in [0.05, 0.1) is 12.6 Å². The zero-order chi connectivity index (χ0) is 22.4. The van der Waals surface area contributed by atoms with Crippen LogP contribution in [0.2, 0.25) is 5.02 Å². The first-order valence-corrected chi connectivity index (χ1v) is 10.2. The van der Waals surface area contributed by atoms with Gasteiger partial charge in [0.15, 0.2) is 0 Å². The fourth-order valence-electron chi connectivity index (χ4n) is 3.37. The molecule has 0 aliphatic heterocycles. The Balaban J connectivity index is 0.00000363. The number of hydrogen-bond donors (Lipinski definition) is 3. The van der Waals surface area contributed by atoms with E-state index in [0.717, 1.165) is 16.5 Å². The Hall–Kier alpha value is -3.05. The van der Waals surface area contributed by atoms with Gasteiger partial charge in [0.1, 0.15) is 29.2 Å². The van der Waals surface area contributed by atoms with Crippen LogP contribution >= 0.6 is 24.0 Å². The molecular formula is C23H24Cl2N4O3. The average Bonchev–Trinajstić information content (AvgIpc) is 2.77. The molecule has 9 heteroatoms. The number of aromatic nitrogens is 1. The molecule has 168 valence electrons. The summed E-state index contributed by atoms with van der Waals surface area (Å²) >= 11 is 6.22. The number of benzene rings is 2. The number of nitrogens with two attached hydrogens (primary N) is 1. The molecule has 1 aromatic heterocycles. The molecule has 3 rings (SSSR count). The van der Waals surface area contributed by atoms with Crippen molar-refractivity contribution in [2.75, 3.05) is 19.0 Å². The monoisotopic (exact) mass is 474 g/mol. The summed E-state index contributed by atoms with van der Waals surface area (Å²) in [5, 5.41) is 23.4. The maximum absolute atomic E-state index is 10.8. The number of nitrogens with one attached hydrogen (secondary N) is 1. The summed E-state index contributed by atoms with van der Waals surface area (Å²) in [7, 11) is 1.59. The molecule has 0 bridgehead atoms. The van der Waals surface area contributed by atoms with Gasteiger partial charge < -0.3 is 20.9 Å². The normalized spacial score (nSPS) is 11.3. The molecule has 4 N–H and O–H groups in total. The van der Waals surface area contributed by atoms with Crippen LogP contribution in [0, 0.1) is 11.3 Å². The second kappa shape index (κ2) is 11.5. The van der Waals surface area contributed by atoms with E-state index in [-0.39, 0.29) is 12.4 Å². The van der Waals surface area contributed by atoms with Gasteiger partial charge in [0, 0.05) is 22.5 Å². The van der Waals surface area contributed by atoms with Gasteiger partial charge in [-0.25, -0.2) is 4.98 Å². The standard InChI is InChI=1S/C23H23ClN4O3.ClH/c1-31-16-8-9-20-17(12-16)21(14-5-4-6-15(24)11-14)18(13-25)22(28-20)27-10-3-2-7-19(26)23(29)30;/h4-6,8-9,11-12,19H,2-3,7,10,26H2,1H3,(H,27,28)(H,29,30);1H/t19-;/m0./s1. The van der Waals surface area contributed by atoms with Crippen LogP contribution in [0.25, 0.3) is 22.0 Å². The predicted octanol–water partition coefficient (Wildman–Crippen LogP) is 4.85. The zero-order valence-corrected chi connectivity index (χ0v) is 19.0. The van der Waals surface area contributed by atoms with Crippen LogP contribution < -0.4 is 15.8 Å². The number of carboxylic acid groups (broad SMARTS) is 1. The number of nitriles is 1. The van der Waals surface area contributed by atoms with Crippen molar-refractivity contribution in [1.82, 2.24) is 4.98 Å². The van der Waals surface area contributed by atoms with Gasteiger partial charge in [-0.2, -0.15) is 5.26 Å². The van der Waals surface area contributed by atoms with Gasteiger partial charge >= 0.3 is 5.97 Å². The van der Waals surface area contributed by atoms with Crippen LogP contribution in [0.3, 0.4) is 0 Å². The van der Waals surface area contributed by atoms with Crippen LogP contribution in [-0.4, -0.2) is 35.8 Å². The van der Waals surface area contributed by atoms with Crippen molar-refractivity contribution in [3.63, 3.8) is 0 Å². The van der Waals surface area contributed by atoms with Gasteiger partial charge in [-0.1, -0.05) is 23.7 Å². The fraction of sp³-hybridized carbons (Fsp3) is 0.261. The topological polar surface area (TPSA) is 121 Å². The summed E-state index contributed by atoms with van der Waals surface area (Å²) in [6.45, 7) is 0.532. The highest BCUT2D eigenvalue weighted by molar-refractivity contribution is 6.31. The first-order chi connectivity index (χ1) is 14.9. The van der Waals surface area contributed by atoms with Gasteiger partial charge in [0.2, 0.25) is 0 Å². The third-order valence-corrected chi connectivity index (χ3v) is 5.20. The number of pyridine rings is 1. The number of nitrogens with zero attached hydrogens (tertiary/aromatic N) is 2. The molecular weight excluding hydrogens is 451 g/mol. The Bertz CT molecular complexity index is 1150. The number of fused-ring (bicyclic) bond motifs is 1. The second-order valence-electron chi connectivity index (χ2n) is 7.08. The van der Waals surface area contributed by atoms with E-state index in [1.54, 1.807) is 13.2 Å². The van der Waals surface area contributed by atoms with Crippen molar-refractivity contribution in [3.05, 3.63) is 53.1 Å². The smallest absolute Gasteiger partial charge is 0.320 e. The molecule has 0 aliphatic carbocycles. The van der Waals surface area contributed by atoms with E-state index in [1.165, 1.54) is 0 Å². The highest BCUT2D eigenvalue weighted by atomic mass is 35.5. The Morgan fingerprint density at radius 2 is 2.09 bits per heavy atom. The van der Waals surface area contributed by atoms with Gasteiger partial charge in [-0.05, 0) is 55.2 Å². The lowest BCUT2D eigenvalue weighted by Gasteiger charge is -2.15. The van der Waals surface area contributed by atoms with Crippen LogP contribution in [0.4, 0.5) is 5.82 Å². The molecule has 1 heterocycles. The predicted molar refractivity (Wildman–Crippen MR) is 129 cm³/mol. The van der Waals surface area contributed by atoms with Crippen molar-refractivity contribution >= 4 is 46.7 Å². The van der Waals surface area contributed by atoms with E-state index in [2.05, 4.69) is 16.4 Å². The molecule has 0 saturated carbocycles. The molecule has 0 aliphatic rings. The maximum Gasteiger partial charge on any atom is 0.320 e. The van der Waals surface area contributed by atoms with E-state index >= 15 is 0 Å². The van der Waals surface area contributed by atoms with Crippen molar-refractivity contribution in [3.8, 4) is 22.9 Å². The number of unbranched alkanes of at least 4 members (excludes halogenated alkanes) is 1. The van der Waals surface area contributed by atoms with Gasteiger partial charge in [0.25, 0.3) is 0 Å². The van der Waals surface area contributed by atoms with E-state index < -0.39 is 12.0 Å². The third kappa shape index (κ3) is 5.80. The largest absolute Gasteiger partial charge is 0.497 e. The highest BCUT2D eigenvalue weighted by Gasteiger charge is 2.18. The molecule has 0 amide bonds. The summed E-state index contributed by atoms with van der Waals surface area (Å²) in [6.07, 6.45) is 1.73. The lowest BCUT2D eigenvalue weighted by Crippen LogP contribution is -2.29. The van der Waals surface area contributed by atoms with Crippen molar-refractivity contribution in [1.29, 1.82) is 5.26 Å². The Labute approximate surface area is 197 Å². The molecule has 2 aromatic carbocycles. The fourth-order valence-corrected chi connectivity index (χ4v) is 3.56. The minimum atomic E-state index is -1.00. The summed E-state index contributed by atoms with van der Waals surface area (Å²) in [4.78, 5) is 15.5. The van der Waals surface area contributed by atoms with Crippen LogP contribution in [-0.2, 0) is 4.79 Å². The molecule has 0 spiro atoms. The molecule has 32 heavy (non-hydrogen) atoms. The first kappa shape index (κ1) is 25.2. The third-order valence-electron chi connectivity index (χ3n) is 4.97. The molecule has 0 fully saturated rings. The molecule has 0 unspecified atom stereocenters. The lowest BCUT2D eigenvalue weighted by atomic mass is 9.96. The number of carbonyl (C=O) groups is 1. The van der Waals surface area contributed by atoms with Gasteiger partial charge in [-0.15, -0.1) is 12.4 Å². The van der Waals surface area contributed by atoms with Crippen LogP contribution in [0.5, 0.6) is 5.75 Å². The number of aliphatic carboxylic acids is 1. The SMILES string of the molecule is COc1ccc2nc(NCCCC[C@H](N)C(=O)O)c(C#N)c(-c3cccc(Cl)c3)c2c1.Cl.